The second-order valence-electron chi connectivity index (χ2n) is 7.02. The zero-order valence-corrected chi connectivity index (χ0v) is 19.8. The summed E-state index contributed by atoms with van der Waals surface area (Å²) < 4.78 is 6.43. The number of likely N-dealkylation sites (N-methyl/N-ethyl adjacent to an activating group) is 1. The number of carbonyl (C=O) groups is 1. The number of furan rings is 1. The molecule has 1 aliphatic rings. The van der Waals surface area contributed by atoms with Gasteiger partial charge in [0.25, 0.3) is 5.91 Å². The zero-order chi connectivity index (χ0) is 22.5. The average Bonchev–Trinajstić information content (AvgIpc) is 3.37. The Bertz CT molecular complexity index is 1170. The van der Waals surface area contributed by atoms with Crippen LogP contribution in [0.3, 0.4) is 0 Å². The van der Waals surface area contributed by atoms with Crippen molar-refractivity contribution in [1.29, 1.82) is 0 Å². The van der Waals surface area contributed by atoms with Gasteiger partial charge in [-0.05, 0) is 42.0 Å². The van der Waals surface area contributed by atoms with Crippen LogP contribution in [0.2, 0.25) is 5.02 Å². The van der Waals surface area contributed by atoms with E-state index < -0.39 is 0 Å². The van der Waals surface area contributed by atoms with E-state index in [0.717, 1.165) is 11.1 Å². The van der Waals surface area contributed by atoms with Gasteiger partial charge in [-0.15, -0.1) is 0 Å². The molecule has 0 aliphatic carbocycles. The fraction of sp³-hybridized carbons (Fsp3) is 0.120. The molecule has 2 heterocycles. The van der Waals surface area contributed by atoms with Crippen molar-refractivity contribution >= 4 is 58.0 Å². The molecule has 1 fully saturated rings. The van der Waals surface area contributed by atoms with E-state index in [1.165, 1.54) is 11.8 Å². The summed E-state index contributed by atoms with van der Waals surface area (Å²) in [5, 5.41) is 4.17. The topological polar surface area (TPSA) is 36.7 Å². The molecule has 3 aromatic rings. The van der Waals surface area contributed by atoms with Crippen LogP contribution in [0.4, 0.5) is 0 Å². The monoisotopic (exact) mass is 480 g/mol. The molecule has 2 aromatic carbocycles. The summed E-state index contributed by atoms with van der Waals surface area (Å²) >= 11 is 12.7. The lowest BCUT2D eigenvalue weighted by atomic mass is 10.2. The number of benzene rings is 2. The highest BCUT2D eigenvalue weighted by Crippen LogP contribution is 2.34. The van der Waals surface area contributed by atoms with Gasteiger partial charge in [0.2, 0.25) is 0 Å². The van der Waals surface area contributed by atoms with E-state index >= 15 is 0 Å². The van der Waals surface area contributed by atoms with E-state index in [1.807, 2.05) is 90.8 Å². The first-order valence-electron chi connectivity index (χ1n) is 10.2. The molecule has 1 aliphatic heterocycles. The number of hydrogen-bond donors (Lipinski definition) is 0. The van der Waals surface area contributed by atoms with Gasteiger partial charge in [0.05, 0.1) is 4.91 Å². The van der Waals surface area contributed by atoms with Crippen LogP contribution in [-0.4, -0.2) is 33.3 Å². The third kappa shape index (κ3) is 5.22. The predicted molar refractivity (Wildman–Crippen MR) is 137 cm³/mol. The number of hydrogen-bond acceptors (Lipinski definition) is 5. The van der Waals surface area contributed by atoms with E-state index in [2.05, 4.69) is 0 Å². The van der Waals surface area contributed by atoms with Gasteiger partial charge >= 0.3 is 0 Å². The quantitative estimate of drug-likeness (QED) is 0.276. The fourth-order valence-electron chi connectivity index (χ4n) is 3.26. The lowest BCUT2D eigenvalue weighted by molar-refractivity contribution is -0.132. The Morgan fingerprint density at radius 3 is 2.56 bits per heavy atom. The standard InChI is InChI=1S/C25H21ClN2O2S2/c1-2-27(16-6-9-18-7-4-3-5-8-18)28-24(29)23(32-25(28)31)17-21-14-15-22(30-21)19-10-12-20(26)13-11-19/h3-15,17H,2,16H2,1H3. The molecule has 162 valence electrons. The van der Waals surface area contributed by atoms with E-state index in [-0.39, 0.29) is 5.91 Å². The first kappa shape index (κ1) is 22.6. The number of carbonyl (C=O) groups excluding carboxylic acids is 1. The second kappa shape index (κ2) is 10.3. The van der Waals surface area contributed by atoms with E-state index in [1.54, 1.807) is 11.1 Å². The minimum absolute atomic E-state index is 0.139. The Kier molecular flexibility index (Phi) is 7.27. The summed E-state index contributed by atoms with van der Waals surface area (Å²) in [6.45, 7) is 3.23. The van der Waals surface area contributed by atoms with Crippen LogP contribution in [-0.2, 0) is 4.79 Å². The van der Waals surface area contributed by atoms with Crippen LogP contribution >= 0.6 is 35.6 Å². The van der Waals surface area contributed by atoms with Crippen molar-refractivity contribution in [2.45, 2.75) is 6.92 Å². The summed E-state index contributed by atoms with van der Waals surface area (Å²) in [5.74, 6) is 1.17. The lowest BCUT2D eigenvalue weighted by Gasteiger charge is -2.28. The summed E-state index contributed by atoms with van der Waals surface area (Å²) in [5.41, 5.74) is 2.03. The third-order valence-corrected chi connectivity index (χ3v) is 6.41. The maximum absolute atomic E-state index is 13.1. The van der Waals surface area contributed by atoms with Crippen molar-refractivity contribution in [2.24, 2.45) is 0 Å². The first-order valence-corrected chi connectivity index (χ1v) is 11.8. The number of halogens is 1. The van der Waals surface area contributed by atoms with Gasteiger partial charge in [0, 0.05) is 29.8 Å². The molecule has 1 aromatic heterocycles. The summed E-state index contributed by atoms with van der Waals surface area (Å²) in [6, 6.07) is 21.2. The highest BCUT2D eigenvalue weighted by Gasteiger charge is 2.35. The molecule has 0 atom stereocenters. The minimum atomic E-state index is -0.139. The van der Waals surface area contributed by atoms with Crippen molar-refractivity contribution < 1.29 is 9.21 Å². The summed E-state index contributed by atoms with van der Waals surface area (Å²) in [6.07, 6.45) is 5.82. The van der Waals surface area contributed by atoms with Crippen molar-refractivity contribution in [3.63, 3.8) is 0 Å². The molecule has 7 heteroatoms. The van der Waals surface area contributed by atoms with Gasteiger partial charge in [-0.25, -0.2) is 10.0 Å². The third-order valence-electron chi connectivity index (χ3n) is 4.88. The molecule has 32 heavy (non-hydrogen) atoms. The highest BCUT2D eigenvalue weighted by molar-refractivity contribution is 8.26. The van der Waals surface area contributed by atoms with Gasteiger partial charge in [-0.2, -0.15) is 0 Å². The smallest absolute Gasteiger partial charge is 0.281 e. The summed E-state index contributed by atoms with van der Waals surface area (Å²) in [7, 11) is 0. The maximum Gasteiger partial charge on any atom is 0.281 e. The Labute approximate surface area is 202 Å². The van der Waals surface area contributed by atoms with Crippen molar-refractivity contribution in [3.8, 4) is 11.3 Å². The Hall–Kier alpha value is -2.64. The van der Waals surface area contributed by atoms with Crippen LogP contribution in [0.25, 0.3) is 23.5 Å². The van der Waals surface area contributed by atoms with Crippen molar-refractivity contribution in [1.82, 2.24) is 10.0 Å². The number of thiocarbonyl (C=S) groups is 1. The van der Waals surface area contributed by atoms with E-state index in [0.29, 0.717) is 38.9 Å². The lowest BCUT2D eigenvalue weighted by Crippen LogP contribution is -2.45. The molecule has 0 radical (unpaired) electrons. The minimum Gasteiger partial charge on any atom is -0.457 e. The number of nitrogens with zero attached hydrogens (tertiary/aromatic N) is 2. The molecular formula is C25H21ClN2O2S2. The van der Waals surface area contributed by atoms with Gasteiger partial charge < -0.3 is 4.42 Å². The van der Waals surface area contributed by atoms with E-state index in [9.17, 15) is 4.79 Å². The fourth-order valence-corrected chi connectivity index (χ4v) is 4.67. The molecule has 0 unspecified atom stereocenters. The molecular weight excluding hydrogens is 460 g/mol. The van der Waals surface area contributed by atoms with E-state index in [4.69, 9.17) is 28.2 Å². The molecule has 0 spiro atoms. The van der Waals surface area contributed by atoms with Crippen LogP contribution < -0.4 is 0 Å². The predicted octanol–water partition coefficient (Wildman–Crippen LogP) is 6.75. The number of amides is 1. The number of rotatable bonds is 7. The molecule has 0 bridgehead atoms. The first-order chi connectivity index (χ1) is 15.5. The average molecular weight is 481 g/mol. The van der Waals surface area contributed by atoms with Crippen LogP contribution in [0.15, 0.2) is 82.1 Å². The molecule has 1 saturated heterocycles. The summed E-state index contributed by atoms with van der Waals surface area (Å²) in [4.78, 5) is 13.6. The Morgan fingerprint density at radius 1 is 1.09 bits per heavy atom. The van der Waals surface area contributed by atoms with Crippen LogP contribution in [0, 0.1) is 0 Å². The van der Waals surface area contributed by atoms with Crippen LogP contribution in [0.5, 0.6) is 0 Å². The van der Waals surface area contributed by atoms with Crippen molar-refractivity contribution in [3.05, 3.63) is 94.1 Å². The largest absolute Gasteiger partial charge is 0.457 e. The maximum atomic E-state index is 13.1. The van der Waals surface area contributed by atoms with Gasteiger partial charge in [0.15, 0.2) is 4.32 Å². The van der Waals surface area contributed by atoms with Crippen LogP contribution in [0.1, 0.15) is 18.2 Å². The normalized spacial score (nSPS) is 15.6. The molecule has 4 nitrogen and oxygen atoms in total. The van der Waals surface area contributed by atoms with Gasteiger partial charge in [-0.1, -0.05) is 85.0 Å². The Balaban J connectivity index is 1.47. The SMILES string of the molecule is CCN(CC=Cc1ccccc1)N1C(=O)C(=Cc2ccc(-c3ccc(Cl)cc3)o2)SC1=S. The Morgan fingerprint density at radius 2 is 1.84 bits per heavy atom. The molecule has 1 amide bonds. The highest BCUT2D eigenvalue weighted by atomic mass is 35.5. The van der Waals surface area contributed by atoms with Crippen molar-refractivity contribution in [2.75, 3.05) is 13.1 Å². The molecule has 0 saturated carbocycles. The second-order valence-corrected chi connectivity index (χ2v) is 9.13. The van der Waals surface area contributed by atoms with Gasteiger partial charge in [0.1, 0.15) is 11.5 Å². The molecule has 0 N–H and O–H groups in total. The molecule has 4 rings (SSSR count). The van der Waals surface area contributed by atoms with Gasteiger partial charge in [-0.3, -0.25) is 4.79 Å². The number of thioether (sulfide) groups is 1. The zero-order valence-electron chi connectivity index (χ0n) is 17.4. The number of hydrazine groups is 1.